The maximum atomic E-state index is 8.30. The molecule has 0 spiro atoms. The molecule has 0 atom stereocenters. The van der Waals surface area contributed by atoms with Crippen LogP contribution in [-0.4, -0.2) is 43.9 Å². The van der Waals surface area contributed by atoms with E-state index in [4.69, 9.17) is 14.7 Å². The molecule has 0 bridgehead atoms. The highest BCUT2D eigenvalue weighted by Crippen LogP contribution is 1.99. The zero-order chi connectivity index (χ0) is 13.3. The molecule has 0 aromatic heterocycles. The molecular weight excluding hydrogens is 268 g/mol. The second kappa shape index (κ2) is 16.6. The monoisotopic (exact) mass is 288 g/mol. The number of unbranched alkanes of at least 4 members (excludes halogenated alkanes) is 1. The van der Waals surface area contributed by atoms with E-state index in [9.17, 15) is 0 Å². The number of hydrogen-bond acceptors (Lipinski definition) is 6. The first-order valence-electron chi connectivity index (χ1n) is 6.12. The molecule has 0 unspecified atom stereocenters. The molecule has 0 rings (SSSR count). The Hall–Kier alpha value is -0.440. The fourth-order valence-electron chi connectivity index (χ4n) is 1.18. The summed E-state index contributed by atoms with van der Waals surface area (Å²) in [5, 5.41) is 12.7. The van der Waals surface area contributed by atoms with Gasteiger partial charge in [-0.15, -0.1) is 0 Å². The standard InChI is InChI=1S/C12H20N2O2S2/c13-11-18-10-4-9-16-7-2-1-6-15-8-3-5-14-12-17/h1-10H2. The molecule has 0 saturated carbocycles. The molecule has 0 aliphatic rings. The number of thioether (sulfide) groups is 1. The van der Waals surface area contributed by atoms with Crippen LogP contribution in [0.15, 0.2) is 4.99 Å². The number of hydrogen-bond donors (Lipinski definition) is 0. The fourth-order valence-corrected chi connectivity index (χ4v) is 1.63. The van der Waals surface area contributed by atoms with Crippen LogP contribution in [0.1, 0.15) is 25.7 Å². The zero-order valence-corrected chi connectivity index (χ0v) is 12.2. The SMILES string of the molecule is N#CSCCCOCCCCOCCCN=C=S. The first kappa shape index (κ1) is 17.6. The highest BCUT2D eigenvalue weighted by Gasteiger charge is 1.92. The summed E-state index contributed by atoms with van der Waals surface area (Å²) in [5.41, 5.74) is 0. The number of rotatable bonds is 13. The summed E-state index contributed by atoms with van der Waals surface area (Å²) in [4.78, 5) is 3.80. The Kier molecular flexibility index (Phi) is 16.2. The third-order valence-corrected chi connectivity index (χ3v) is 2.80. The third kappa shape index (κ3) is 15.6. The summed E-state index contributed by atoms with van der Waals surface area (Å²) in [6, 6.07) is 0. The Labute approximate surface area is 119 Å². The molecule has 0 radical (unpaired) electrons. The molecule has 0 aliphatic heterocycles. The fraction of sp³-hybridized carbons (Fsp3) is 0.833. The van der Waals surface area contributed by atoms with Crippen LogP contribution in [0.5, 0.6) is 0 Å². The van der Waals surface area contributed by atoms with Crippen molar-refractivity contribution >= 4 is 29.1 Å². The van der Waals surface area contributed by atoms with Gasteiger partial charge in [0.1, 0.15) is 5.40 Å². The van der Waals surface area contributed by atoms with Crippen molar-refractivity contribution in [2.45, 2.75) is 25.7 Å². The van der Waals surface area contributed by atoms with Gasteiger partial charge >= 0.3 is 0 Å². The minimum absolute atomic E-state index is 0.702. The minimum atomic E-state index is 0.702. The molecule has 0 N–H and O–H groups in total. The first-order valence-corrected chi connectivity index (χ1v) is 7.51. The molecule has 0 saturated heterocycles. The summed E-state index contributed by atoms with van der Waals surface area (Å²) in [7, 11) is 0. The third-order valence-electron chi connectivity index (χ3n) is 2.05. The van der Waals surface area contributed by atoms with Gasteiger partial charge in [-0.25, -0.2) is 4.99 Å². The molecule has 6 heteroatoms. The predicted molar refractivity (Wildman–Crippen MR) is 78.1 cm³/mol. The lowest BCUT2D eigenvalue weighted by molar-refractivity contribution is 0.103. The second-order valence-electron chi connectivity index (χ2n) is 3.55. The largest absolute Gasteiger partial charge is 0.381 e. The van der Waals surface area contributed by atoms with Gasteiger partial charge in [-0.3, -0.25) is 0 Å². The molecular formula is C12H20N2O2S2. The van der Waals surface area contributed by atoms with Crippen LogP contribution in [0, 0.1) is 10.7 Å². The summed E-state index contributed by atoms with van der Waals surface area (Å²) in [6.07, 6.45) is 3.87. The Bertz CT molecular complexity index is 263. The summed E-state index contributed by atoms with van der Waals surface area (Å²) >= 11 is 5.73. The van der Waals surface area contributed by atoms with Crippen molar-refractivity contribution in [3.05, 3.63) is 0 Å². The molecule has 4 nitrogen and oxygen atoms in total. The van der Waals surface area contributed by atoms with E-state index in [0.29, 0.717) is 6.54 Å². The number of isothiocyanates is 1. The van der Waals surface area contributed by atoms with Crippen molar-refractivity contribution in [1.29, 1.82) is 5.26 Å². The Morgan fingerprint density at radius 2 is 1.61 bits per heavy atom. The van der Waals surface area contributed by atoms with E-state index in [-0.39, 0.29) is 0 Å². The van der Waals surface area contributed by atoms with Gasteiger partial charge in [-0.05, 0) is 49.7 Å². The number of nitriles is 1. The Morgan fingerprint density at radius 1 is 1.00 bits per heavy atom. The highest BCUT2D eigenvalue weighted by molar-refractivity contribution is 8.03. The number of aliphatic imine (C=N–C) groups is 1. The van der Waals surface area contributed by atoms with Crippen LogP contribution in [0.4, 0.5) is 0 Å². The van der Waals surface area contributed by atoms with Gasteiger partial charge in [0.05, 0.1) is 11.7 Å². The summed E-state index contributed by atoms with van der Waals surface area (Å²) < 4.78 is 10.8. The molecule has 0 fully saturated rings. The smallest absolute Gasteiger partial charge is 0.133 e. The van der Waals surface area contributed by atoms with Gasteiger partial charge in [0.2, 0.25) is 0 Å². The second-order valence-corrected chi connectivity index (χ2v) is 4.61. The molecule has 0 aromatic rings. The molecule has 0 aliphatic carbocycles. The molecule has 102 valence electrons. The van der Waals surface area contributed by atoms with Gasteiger partial charge in [0, 0.05) is 32.2 Å². The quantitative estimate of drug-likeness (QED) is 0.226. The molecule has 0 aromatic carbocycles. The van der Waals surface area contributed by atoms with E-state index in [1.54, 1.807) is 0 Å². The van der Waals surface area contributed by atoms with Crippen molar-refractivity contribution in [2.75, 3.05) is 38.7 Å². The van der Waals surface area contributed by atoms with E-state index < -0.39 is 0 Å². The molecule has 0 amide bonds. The average molecular weight is 288 g/mol. The van der Waals surface area contributed by atoms with E-state index >= 15 is 0 Å². The lowest BCUT2D eigenvalue weighted by atomic mass is 10.3. The normalized spacial score (nSPS) is 9.72. The lowest BCUT2D eigenvalue weighted by Crippen LogP contribution is -2.02. The maximum absolute atomic E-state index is 8.30. The van der Waals surface area contributed by atoms with Gasteiger partial charge in [0.15, 0.2) is 0 Å². The van der Waals surface area contributed by atoms with Crippen LogP contribution < -0.4 is 0 Å². The summed E-state index contributed by atoms with van der Waals surface area (Å²) in [6.45, 7) is 3.72. The topological polar surface area (TPSA) is 54.6 Å². The van der Waals surface area contributed by atoms with Gasteiger partial charge in [-0.2, -0.15) is 5.26 Å². The zero-order valence-electron chi connectivity index (χ0n) is 10.6. The van der Waals surface area contributed by atoms with Crippen LogP contribution >= 0.6 is 24.0 Å². The highest BCUT2D eigenvalue weighted by atomic mass is 32.2. The van der Waals surface area contributed by atoms with Crippen LogP contribution in [0.25, 0.3) is 0 Å². The number of ether oxygens (including phenoxy) is 2. The maximum Gasteiger partial charge on any atom is 0.133 e. The average Bonchev–Trinajstić information content (AvgIpc) is 2.39. The Morgan fingerprint density at radius 3 is 2.22 bits per heavy atom. The van der Waals surface area contributed by atoms with Crippen molar-refractivity contribution in [3.8, 4) is 5.40 Å². The minimum Gasteiger partial charge on any atom is -0.381 e. The van der Waals surface area contributed by atoms with Gasteiger partial charge < -0.3 is 9.47 Å². The first-order chi connectivity index (χ1) is 8.91. The Balaban J connectivity index is 2.95. The van der Waals surface area contributed by atoms with Crippen molar-refractivity contribution in [3.63, 3.8) is 0 Å². The van der Waals surface area contributed by atoms with Crippen LogP contribution in [-0.2, 0) is 9.47 Å². The van der Waals surface area contributed by atoms with E-state index in [0.717, 1.165) is 57.9 Å². The van der Waals surface area contributed by atoms with Gasteiger partial charge in [-0.1, -0.05) is 0 Å². The molecule has 18 heavy (non-hydrogen) atoms. The van der Waals surface area contributed by atoms with Crippen molar-refractivity contribution < 1.29 is 9.47 Å². The number of nitrogens with zero attached hydrogens (tertiary/aromatic N) is 2. The van der Waals surface area contributed by atoms with Crippen LogP contribution in [0.2, 0.25) is 0 Å². The van der Waals surface area contributed by atoms with Crippen LogP contribution in [0.3, 0.4) is 0 Å². The van der Waals surface area contributed by atoms with Crippen molar-refractivity contribution in [2.24, 2.45) is 4.99 Å². The predicted octanol–water partition coefficient (Wildman–Crippen LogP) is 2.90. The molecule has 0 heterocycles. The van der Waals surface area contributed by atoms with Gasteiger partial charge in [0.25, 0.3) is 0 Å². The lowest BCUT2D eigenvalue weighted by Gasteiger charge is -2.04. The van der Waals surface area contributed by atoms with E-state index in [1.807, 2.05) is 5.40 Å². The van der Waals surface area contributed by atoms with E-state index in [2.05, 4.69) is 22.4 Å². The number of thiocarbonyl (C=S) groups is 1. The van der Waals surface area contributed by atoms with Crippen molar-refractivity contribution in [1.82, 2.24) is 0 Å². The van der Waals surface area contributed by atoms with E-state index in [1.165, 1.54) is 11.8 Å². The number of thiocyanates is 1. The summed E-state index contributed by atoms with van der Waals surface area (Å²) in [5.74, 6) is 0.851.